The number of nitrogens with zero attached hydrogens (tertiary/aromatic N) is 4. The number of fused-ring (bicyclic) bond motifs is 1. The minimum absolute atomic E-state index is 0.326. The molecule has 0 bridgehead atoms. The third-order valence-corrected chi connectivity index (χ3v) is 7.49. The minimum Gasteiger partial charge on any atom is -0.251 e. The van der Waals surface area contributed by atoms with Crippen LogP contribution in [0.3, 0.4) is 0 Å². The van der Waals surface area contributed by atoms with E-state index in [2.05, 4.69) is 15.1 Å². The average Bonchev–Trinajstić information content (AvgIpc) is 3.26. The molecule has 1 aliphatic carbocycles. The van der Waals surface area contributed by atoms with Gasteiger partial charge in [0.25, 0.3) is 10.0 Å². The van der Waals surface area contributed by atoms with Gasteiger partial charge in [-0.15, -0.1) is 11.3 Å². The van der Waals surface area contributed by atoms with Gasteiger partial charge in [-0.25, -0.2) is 13.4 Å². The Hall–Kier alpha value is -2.58. The van der Waals surface area contributed by atoms with Crippen LogP contribution in [0.2, 0.25) is 0 Å². The van der Waals surface area contributed by atoms with Crippen LogP contribution in [0, 0.1) is 6.92 Å². The Morgan fingerprint density at radius 1 is 1.19 bits per heavy atom. The van der Waals surface area contributed by atoms with E-state index in [-0.39, 0.29) is 5.25 Å². The van der Waals surface area contributed by atoms with Gasteiger partial charge in [0, 0.05) is 11.3 Å². The lowest BCUT2D eigenvalue weighted by atomic mass is 10.0. The second kappa shape index (κ2) is 5.97. The van der Waals surface area contributed by atoms with Crippen molar-refractivity contribution in [2.45, 2.75) is 25.0 Å². The lowest BCUT2D eigenvalue weighted by Gasteiger charge is -2.03. The first-order chi connectivity index (χ1) is 13.0. The summed E-state index contributed by atoms with van der Waals surface area (Å²) >= 11 is 1.56. The summed E-state index contributed by atoms with van der Waals surface area (Å²) in [6.45, 7) is 1.91. The molecule has 0 saturated heterocycles. The number of thiazole rings is 1. The molecule has 1 saturated carbocycles. The van der Waals surface area contributed by atoms with Gasteiger partial charge < -0.3 is 0 Å². The van der Waals surface area contributed by atoms with Gasteiger partial charge in [0.05, 0.1) is 32.9 Å². The van der Waals surface area contributed by atoms with Crippen LogP contribution in [0.5, 0.6) is 0 Å². The largest absolute Gasteiger partial charge is 0.256 e. The molecule has 1 aliphatic rings. The van der Waals surface area contributed by atoms with Gasteiger partial charge >= 0.3 is 0 Å². The van der Waals surface area contributed by atoms with Crippen LogP contribution in [-0.2, 0) is 10.0 Å². The number of aryl methyl sites for hydroxylation is 1. The van der Waals surface area contributed by atoms with Crippen LogP contribution in [0.15, 0.2) is 48.1 Å². The lowest BCUT2D eigenvalue weighted by Crippen LogP contribution is -2.17. The van der Waals surface area contributed by atoms with Crippen molar-refractivity contribution in [2.75, 3.05) is 0 Å². The highest BCUT2D eigenvalue weighted by Gasteiger charge is 2.38. The summed E-state index contributed by atoms with van der Waals surface area (Å²) < 4.78 is 27.7. The van der Waals surface area contributed by atoms with Gasteiger partial charge in [-0.3, -0.25) is 4.98 Å². The van der Waals surface area contributed by atoms with Crippen molar-refractivity contribution in [3.63, 3.8) is 0 Å². The van der Waals surface area contributed by atoms with Crippen LogP contribution in [0.1, 0.15) is 18.5 Å². The van der Waals surface area contributed by atoms with E-state index in [1.807, 2.05) is 43.3 Å². The third kappa shape index (κ3) is 2.85. The number of pyridine rings is 1. The number of aromatic nitrogens is 4. The molecule has 3 heterocycles. The number of rotatable bonds is 4. The van der Waals surface area contributed by atoms with E-state index < -0.39 is 10.0 Å². The summed E-state index contributed by atoms with van der Waals surface area (Å²) in [5, 5.41) is 4.13. The highest BCUT2D eigenvalue weighted by atomic mass is 32.2. The molecule has 0 spiro atoms. The van der Waals surface area contributed by atoms with Gasteiger partial charge in [0.15, 0.2) is 0 Å². The Morgan fingerprint density at radius 3 is 2.81 bits per heavy atom. The number of benzene rings is 1. The fourth-order valence-electron chi connectivity index (χ4n) is 3.10. The average molecular weight is 396 g/mol. The molecular formula is C19H16N4O2S2. The molecule has 0 amide bonds. The molecule has 0 N–H and O–H groups in total. The molecule has 3 aromatic heterocycles. The Bertz CT molecular complexity index is 1270. The van der Waals surface area contributed by atoms with Gasteiger partial charge in [-0.1, -0.05) is 12.1 Å². The van der Waals surface area contributed by atoms with Crippen molar-refractivity contribution in [3.8, 4) is 22.5 Å². The van der Waals surface area contributed by atoms with Crippen molar-refractivity contribution in [1.29, 1.82) is 0 Å². The van der Waals surface area contributed by atoms with Crippen molar-refractivity contribution in [2.24, 2.45) is 0 Å². The first-order valence-corrected chi connectivity index (χ1v) is 11.0. The predicted octanol–water partition coefficient (Wildman–Crippen LogP) is 3.87. The normalized spacial score (nSPS) is 14.7. The maximum absolute atomic E-state index is 12.7. The molecule has 136 valence electrons. The summed E-state index contributed by atoms with van der Waals surface area (Å²) in [4.78, 5) is 8.87. The summed E-state index contributed by atoms with van der Waals surface area (Å²) in [6, 6.07) is 11.6. The van der Waals surface area contributed by atoms with Crippen LogP contribution < -0.4 is 0 Å². The van der Waals surface area contributed by atoms with Gasteiger partial charge in [-0.2, -0.15) is 9.19 Å². The fraction of sp³-hybridized carbons (Fsp3) is 0.211. The Labute approximate surface area is 160 Å². The zero-order valence-electron chi connectivity index (χ0n) is 14.5. The van der Waals surface area contributed by atoms with E-state index in [0.29, 0.717) is 24.2 Å². The van der Waals surface area contributed by atoms with Crippen LogP contribution in [0.4, 0.5) is 0 Å². The molecule has 0 atom stereocenters. The second-order valence-corrected chi connectivity index (χ2v) is 9.66. The highest BCUT2D eigenvalue weighted by molar-refractivity contribution is 7.90. The van der Waals surface area contributed by atoms with Gasteiger partial charge in [0.1, 0.15) is 5.69 Å². The fourth-order valence-corrected chi connectivity index (χ4v) is 5.30. The van der Waals surface area contributed by atoms with Crippen molar-refractivity contribution >= 4 is 31.6 Å². The maximum Gasteiger partial charge on any atom is 0.256 e. The molecule has 1 fully saturated rings. The SMILES string of the molecule is Cc1cccc(-c2nn(S(=O)(=O)C3CC3)cc2-c2ccc3ncsc3c2)n1. The van der Waals surface area contributed by atoms with E-state index in [4.69, 9.17) is 0 Å². The van der Waals surface area contributed by atoms with Crippen LogP contribution >= 0.6 is 11.3 Å². The first kappa shape index (κ1) is 16.6. The minimum atomic E-state index is -3.46. The van der Waals surface area contributed by atoms with E-state index >= 15 is 0 Å². The number of hydrogen-bond donors (Lipinski definition) is 0. The summed E-state index contributed by atoms with van der Waals surface area (Å²) in [5.74, 6) is 0. The van der Waals surface area contributed by atoms with E-state index in [9.17, 15) is 8.42 Å². The van der Waals surface area contributed by atoms with Crippen molar-refractivity contribution < 1.29 is 8.42 Å². The molecule has 8 heteroatoms. The van der Waals surface area contributed by atoms with Gasteiger partial charge in [0.2, 0.25) is 0 Å². The zero-order chi connectivity index (χ0) is 18.6. The number of hydrogen-bond acceptors (Lipinski definition) is 6. The maximum atomic E-state index is 12.7. The Kier molecular flexibility index (Phi) is 3.66. The van der Waals surface area contributed by atoms with Crippen molar-refractivity contribution in [3.05, 3.63) is 53.8 Å². The first-order valence-electron chi connectivity index (χ1n) is 8.64. The standard InChI is InChI=1S/C19H16N4O2S2/c1-12-3-2-4-17(21-12)19-15(10-23(22-19)27(24,25)14-6-7-14)13-5-8-16-18(9-13)26-11-20-16/h2-5,8-11,14H,6-7H2,1H3. The van der Waals surface area contributed by atoms with E-state index in [1.165, 1.54) is 0 Å². The predicted molar refractivity (Wildman–Crippen MR) is 106 cm³/mol. The molecule has 0 unspecified atom stereocenters. The molecule has 0 aliphatic heterocycles. The van der Waals surface area contributed by atoms with Crippen LogP contribution in [-0.4, -0.2) is 32.8 Å². The Morgan fingerprint density at radius 2 is 2.04 bits per heavy atom. The van der Waals surface area contributed by atoms with E-state index in [1.54, 1.807) is 23.0 Å². The molecule has 4 aromatic rings. The van der Waals surface area contributed by atoms with Crippen LogP contribution in [0.25, 0.3) is 32.7 Å². The van der Waals surface area contributed by atoms with Gasteiger partial charge in [-0.05, 0) is 49.6 Å². The lowest BCUT2D eigenvalue weighted by molar-refractivity contribution is 0.579. The quantitative estimate of drug-likeness (QED) is 0.523. The third-order valence-electron chi connectivity index (χ3n) is 4.67. The highest BCUT2D eigenvalue weighted by Crippen LogP contribution is 2.36. The van der Waals surface area contributed by atoms with Crippen molar-refractivity contribution in [1.82, 2.24) is 19.2 Å². The second-order valence-electron chi connectivity index (χ2n) is 6.71. The molecule has 6 nitrogen and oxygen atoms in total. The molecular weight excluding hydrogens is 380 g/mol. The zero-order valence-corrected chi connectivity index (χ0v) is 16.2. The topological polar surface area (TPSA) is 77.7 Å². The summed E-state index contributed by atoms with van der Waals surface area (Å²) in [5.41, 5.74) is 6.49. The van der Waals surface area contributed by atoms with E-state index in [0.717, 1.165) is 31.1 Å². The molecule has 0 radical (unpaired) electrons. The molecule has 1 aromatic carbocycles. The summed E-state index contributed by atoms with van der Waals surface area (Å²) in [7, 11) is -3.46. The Balaban J connectivity index is 1.73. The molecule has 27 heavy (non-hydrogen) atoms. The monoisotopic (exact) mass is 396 g/mol. The summed E-state index contributed by atoms with van der Waals surface area (Å²) in [6.07, 6.45) is 3.01. The molecule has 5 rings (SSSR count). The smallest absolute Gasteiger partial charge is 0.251 e.